The number of nitrogens with two attached hydrogens (primary N) is 1. The van der Waals surface area contributed by atoms with E-state index in [1.54, 1.807) is 0 Å². The summed E-state index contributed by atoms with van der Waals surface area (Å²) in [6.45, 7) is 2.75. The fourth-order valence-electron chi connectivity index (χ4n) is 2.99. The van der Waals surface area contributed by atoms with Gasteiger partial charge in [-0.05, 0) is 42.9 Å². The first-order valence-electron chi connectivity index (χ1n) is 7.43. The molecular formula is C15H23ClN2O2S. The van der Waals surface area contributed by atoms with E-state index in [1.807, 2.05) is 0 Å². The van der Waals surface area contributed by atoms with E-state index in [1.165, 1.54) is 43.9 Å². The van der Waals surface area contributed by atoms with Gasteiger partial charge in [0.25, 0.3) is 0 Å². The molecule has 0 heterocycles. The van der Waals surface area contributed by atoms with Gasteiger partial charge in [-0.15, -0.1) is 0 Å². The summed E-state index contributed by atoms with van der Waals surface area (Å²) in [5, 5.41) is 0.366. The molecule has 2 unspecified atom stereocenters. The van der Waals surface area contributed by atoms with Crippen molar-refractivity contribution in [3.05, 3.63) is 23.2 Å². The van der Waals surface area contributed by atoms with Gasteiger partial charge < -0.3 is 5.73 Å². The molecule has 1 aromatic rings. The predicted octanol–water partition coefficient (Wildman–Crippen LogP) is 3.42. The van der Waals surface area contributed by atoms with E-state index < -0.39 is 10.0 Å². The van der Waals surface area contributed by atoms with Gasteiger partial charge in [0.1, 0.15) is 0 Å². The number of anilines is 1. The Hall–Kier alpha value is -0.780. The summed E-state index contributed by atoms with van der Waals surface area (Å²) in [5.41, 5.74) is 5.93. The fraction of sp³-hybridized carbons (Fsp3) is 0.600. The molecule has 2 rings (SSSR count). The van der Waals surface area contributed by atoms with Gasteiger partial charge in [-0.1, -0.05) is 37.8 Å². The molecule has 21 heavy (non-hydrogen) atoms. The lowest BCUT2D eigenvalue weighted by atomic mass is 9.81. The standard InChI is InChI=1S/C15H23ClN2O2S/c1-11-3-2-4-12(9-11)7-8-18-21(19,20)13-5-6-14(16)15(17)10-13/h5-6,10-12,18H,2-4,7-9,17H2,1H3. The van der Waals surface area contributed by atoms with Crippen molar-refractivity contribution in [2.75, 3.05) is 12.3 Å². The van der Waals surface area contributed by atoms with Crippen molar-refractivity contribution >= 4 is 27.3 Å². The van der Waals surface area contributed by atoms with Gasteiger partial charge in [0, 0.05) is 6.54 Å². The molecule has 0 aliphatic heterocycles. The van der Waals surface area contributed by atoms with Crippen molar-refractivity contribution in [3.8, 4) is 0 Å². The molecule has 1 aliphatic carbocycles. The summed E-state index contributed by atoms with van der Waals surface area (Å²) in [6, 6.07) is 4.38. The maximum atomic E-state index is 12.2. The lowest BCUT2D eigenvalue weighted by molar-refractivity contribution is 0.271. The minimum Gasteiger partial charge on any atom is -0.397 e. The molecule has 6 heteroatoms. The van der Waals surface area contributed by atoms with E-state index in [2.05, 4.69) is 11.6 Å². The predicted molar refractivity (Wildman–Crippen MR) is 86.8 cm³/mol. The van der Waals surface area contributed by atoms with Gasteiger partial charge in [0.2, 0.25) is 10.0 Å². The normalized spacial score (nSPS) is 23.1. The van der Waals surface area contributed by atoms with Crippen LogP contribution in [0.25, 0.3) is 0 Å². The molecule has 1 fully saturated rings. The summed E-state index contributed by atoms with van der Waals surface area (Å²) in [7, 11) is -3.50. The van der Waals surface area contributed by atoms with Gasteiger partial charge in [-0.25, -0.2) is 13.1 Å². The van der Waals surface area contributed by atoms with E-state index in [0.717, 1.165) is 12.3 Å². The van der Waals surface area contributed by atoms with Crippen LogP contribution in [-0.2, 0) is 10.0 Å². The molecule has 0 saturated heterocycles. The Morgan fingerprint density at radius 3 is 2.81 bits per heavy atom. The largest absolute Gasteiger partial charge is 0.397 e. The van der Waals surface area contributed by atoms with Crippen LogP contribution >= 0.6 is 11.6 Å². The molecule has 0 bridgehead atoms. The summed E-state index contributed by atoms with van der Waals surface area (Å²) in [4.78, 5) is 0.168. The first kappa shape index (κ1) is 16.6. The lowest BCUT2D eigenvalue weighted by Crippen LogP contribution is -2.27. The minimum absolute atomic E-state index is 0.168. The van der Waals surface area contributed by atoms with Crippen LogP contribution in [0.3, 0.4) is 0 Å². The second-order valence-corrected chi connectivity index (χ2v) is 8.18. The molecule has 1 saturated carbocycles. The number of benzene rings is 1. The quantitative estimate of drug-likeness (QED) is 0.812. The molecule has 0 aromatic heterocycles. The topological polar surface area (TPSA) is 72.2 Å². The van der Waals surface area contributed by atoms with Gasteiger partial charge in [-0.3, -0.25) is 0 Å². The second kappa shape index (κ2) is 6.99. The lowest BCUT2D eigenvalue weighted by Gasteiger charge is -2.26. The van der Waals surface area contributed by atoms with Crippen LogP contribution in [0.2, 0.25) is 5.02 Å². The highest BCUT2D eigenvalue weighted by molar-refractivity contribution is 7.89. The van der Waals surface area contributed by atoms with Crippen LogP contribution in [0, 0.1) is 11.8 Å². The Morgan fingerprint density at radius 1 is 1.38 bits per heavy atom. The van der Waals surface area contributed by atoms with Crippen molar-refractivity contribution in [2.24, 2.45) is 11.8 Å². The molecular weight excluding hydrogens is 308 g/mol. The van der Waals surface area contributed by atoms with Crippen molar-refractivity contribution in [2.45, 2.75) is 43.9 Å². The van der Waals surface area contributed by atoms with Crippen LogP contribution in [0.15, 0.2) is 23.1 Å². The van der Waals surface area contributed by atoms with Crippen LogP contribution < -0.4 is 10.5 Å². The molecule has 1 aliphatic rings. The summed E-state index contributed by atoms with van der Waals surface area (Å²) >= 11 is 5.81. The highest BCUT2D eigenvalue weighted by Crippen LogP contribution is 2.30. The zero-order valence-electron chi connectivity index (χ0n) is 12.3. The summed E-state index contributed by atoms with van der Waals surface area (Å²) in [6.07, 6.45) is 5.86. The molecule has 3 N–H and O–H groups in total. The number of rotatable bonds is 5. The number of hydrogen-bond donors (Lipinski definition) is 2. The van der Waals surface area contributed by atoms with Crippen LogP contribution in [-0.4, -0.2) is 15.0 Å². The van der Waals surface area contributed by atoms with Crippen LogP contribution in [0.1, 0.15) is 39.0 Å². The number of sulfonamides is 1. The third-order valence-corrected chi connectivity index (χ3v) is 5.97. The second-order valence-electron chi connectivity index (χ2n) is 6.01. The van der Waals surface area contributed by atoms with E-state index in [-0.39, 0.29) is 10.6 Å². The third kappa shape index (κ3) is 4.59. The smallest absolute Gasteiger partial charge is 0.240 e. The van der Waals surface area contributed by atoms with E-state index >= 15 is 0 Å². The molecule has 1 aromatic carbocycles. The molecule has 0 spiro atoms. The first-order chi connectivity index (χ1) is 9.88. The van der Waals surface area contributed by atoms with Crippen molar-refractivity contribution in [3.63, 3.8) is 0 Å². The zero-order chi connectivity index (χ0) is 15.5. The Labute approximate surface area is 132 Å². The molecule has 0 radical (unpaired) electrons. The van der Waals surface area contributed by atoms with Gasteiger partial charge >= 0.3 is 0 Å². The van der Waals surface area contributed by atoms with E-state index in [0.29, 0.717) is 17.5 Å². The Bertz CT molecular complexity index is 589. The maximum Gasteiger partial charge on any atom is 0.240 e. The minimum atomic E-state index is -3.50. The Morgan fingerprint density at radius 2 is 2.14 bits per heavy atom. The van der Waals surface area contributed by atoms with Crippen molar-refractivity contribution in [1.82, 2.24) is 4.72 Å². The van der Waals surface area contributed by atoms with Gasteiger partial charge in [0.15, 0.2) is 0 Å². The van der Waals surface area contributed by atoms with Crippen LogP contribution in [0.5, 0.6) is 0 Å². The molecule has 118 valence electrons. The van der Waals surface area contributed by atoms with Gasteiger partial charge in [-0.2, -0.15) is 0 Å². The molecule has 0 amide bonds. The average molecular weight is 331 g/mol. The highest BCUT2D eigenvalue weighted by Gasteiger charge is 2.20. The zero-order valence-corrected chi connectivity index (χ0v) is 13.9. The highest BCUT2D eigenvalue weighted by atomic mass is 35.5. The molecule has 4 nitrogen and oxygen atoms in total. The van der Waals surface area contributed by atoms with E-state index in [9.17, 15) is 8.42 Å². The van der Waals surface area contributed by atoms with Crippen molar-refractivity contribution < 1.29 is 8.42 Å². The number of nitrogens with one attached hydrogen (secondary N) is 1. The van der Waals surface area contributed by atoms with E-state index in [4.69, 9.17) is 17.3 Å². The Balaban J connectivity index is 1.90. The number of hydrogen-bond acceptors (Lipinski definition) is 3. The third-order valence-electron chi connectivity index (χ3n) is 4.17. The summed E-state index contributed by atoms with van der Waals surface area (Å²) < 4.78 is 27.0. The number of halogens is 1. The first-order valence-corrected chi connectivity index (χ1v) is 9.29. The van der Waals surface area contributed by atoms with Crippen LogP contribution in [0.4, 0.5) is 5.69 Å². The fourth-order valence-corrected chi connectivity index (χ4v) is 4.19. The average Bonchev–Trinajstić information content (AvgIpc) is 2.41. The number of nitrogen functional groups attached to an aromatic ring is 1. The van der Waals surface area contributed by atoms with Gasteiger partial charge in [0.05, 0.1) is 15.6 Å². The SMILES string of the molecule is CC1CCCC(CCNS(=O)(=O)c2ccc(Cl)c(N)c2)C1. The Kier molecular flexibility index (Phi) is 5.52. The summed E-state index contributed by atoms with van der Waals surface area (Å²) in [5.74, 6) is 1.39. The molecule has 2 atom stereocenters. The van der Waals surface area contributed by atoms with Crippen molar-refractivity contribution in [1.29, 1.82) is 0 Å². The maximum absolute atomic E-state index is 12.2. The monoisotopic (exact) mass is 330 g/mol.